The summed E-state index contributed by atoms with van der Waals surface area (Å²) in [6.07, 6.45) is 0. The van der Waals surface area contributed by atoms with Crippen LogP contribution in [0.25, 0.3) is 0 Å². The molecule has 2 aliphatic rings. The van der Waals surface area contributed by atoms with E-state index in [1.54, 1.807) is 12.1 Å². The molecule has 1 fully saturated rings. The van der Waals surface area contributed by atoms with Gasteiger partial charge in [-0.1, -0.05) is 72.3 Å². The molecule has 156 valence electrons. The Balaban J connectivity index is 1.86. The monoisotopic (exact) mass is 450 g/mol. The van der Waals surface area contributed by atoms with E-state index in [9.17, 15) is 9.59 Å². The second-order valence-corrected chi connectivity index (χ2v) is 8.92. The summed E-state index contributed by atoms with van der Waals surface area (Å²) in [6.45, 7) is 0.297. The predicted octanol–water partition coefficient (Wildman–Crippen LogP) is 4.83. The van der Waals surface area contributed by atoms with Gasteiger partial charge in [0.25, 0.3) is 0 Å². The molecule has 31 heavy (non-hydrogen) atoms. The van der Waals surface area contributed by atoms with Gasteiger partial charge in [0, 0.05) is 29.1 Å². The number of hydrogen-bond donors (Lipinski definition) is 2. The normalized spacial score (nSPS) is 27.4. The highest BCUT2D eigenvalue weighted by Crippen LogP contribution is 2.57. The Morgan fingerprint density at radius 2 is 1.58 bits per heavy atom. The van der Waals surface area contributed by atoms with Crippen LogP contribution in [0.3, 0.4) is 0 Å². The fraction of sp³-hybridized carbons (Fsp3) is 0.200. The third-order valence-corrected chi connectivity index (χ3v) is 7.16. The smallest absolute Gasteiger partial charge is 0.238 e. The lowest BCUT2D eigenvalue weighted by Crippen LogP contribution is -2.49. The van der Waals surface area contributed by atoms with E-state index in [-0.39, 0.29) is 17.7 Å². The van der Waals surface area contributed by atoms with Crippen molar-refractivity contribution < 1.29 is 9.59 Å². The molecular formula is C25H20Cl2N2O2. The van der Waals surface area contributed by atoms with E-state index in [1.165, 1.54) is 0 Å². The molecule has 2 amide bonds. The van der Waals surface area contributed by atoms with Gasteiger partial charge in [0.05, 0.1) is 5.41 Å². The number of anilines is 1. The first-order valence-electron chi connectivity index (χ1n) is 10.2. The Kier molecular flexibility index (Phi) is 4.99. The molecule has 2 heterocycles. The minimum atomic E-state index is -1.09. The van der Waals surface area contributed by atoms with E-state index < -0.39 is 16.7 Å². The summed E-state index contributed by atoms with van der Waals surface area (Å²) in [5, 5.41) is 5.62. The fourth-order valence-electron chi connectivity index (χ4n) is 5.21. The molecular weight excluding hydrogens is 431 g/mol. The van der Waals surface area contributed by atoms with Gasteiger partial charge in [0.1, 0.15) is 5.38 Å². The average Bonchev–Trinajstić information content (AvgIpc) is 3.00. The first kappa shape index (κ1) is 20.1. The zero-order valence-electron chi connectivity index (χ0n) is 16.5. The Bertz CT molecular complexity index is 1170. The average molecular weight is 451 g/mol. The highest BCUT2D eigenvalue weighted by atomic mass is 35.5. The quantitative estimate of drug-likeness (QED) is 0.549. The molecule has 5 rings (SSSR count). The van der Waals surface area contributed by atoms with Gasteiger partial charge in [-0.25, -0.2) is 0 Å². The molecule has 2 N–H and O–H groups in total. The Morgan fingerprint density at radius 3 is 2.35 bits per heavy atom. The zero-order valence-corrected chi connectivity index (χ0v) is 18.0. The van der Waals surface area contributed by atoms with Crippen LogP contribution in [0, 0.1) is 0 Å². The Hall–Kier alpha value is -2.82. The minimum absolute atomic E-state index is 0.158. The number of fused-ring (bicyclic) bond motifs is 2. The second kappa shape index (κ2) is 7.70. The third-order valence-electron chi connectivity index (χ3n) is 6.47. The number of halogens is 2. The molecule has 1 saturated heterocycles. The van der Waals surface area contributed by atoms with Gasteiger partial charge in [-0.3, -0.25) is 9.59 Å². The van der Waals surface area contributed by atoms with Crippen molar-refractivity contribution >= 4 is 40.7 Å². The minimum Gasteiger partial charge on any atom is -0.354 e. The van der Waals surface area contributed by atoms with Crippen LogP contribution >= 0.6 is 23.2 Å². The van der Waals surface area contributed by atoms with Crippen molar-refractivity contribution in [2.45, 2.75) is 22.6 Å². The maximum Gasteiger partial charge on any atom is 0.238 e. The summed E-state index contributed by atoms with van der Waals surface area (Å²) in [5.41, 5.74) is 2.23. The molecule has 1 unspecified atom stereocenters. The highest BCUT2D eigenvalue weighted by molar-refractivity contribution is 6.32. The molecule has 4 nitrogen and oxygen atoms in total. The van der Waals surface area contributed by atoms with Crippen molar-refractivity contribution in [1.29, 1.82) is 0 Å². The van der Waals surface area contributed by atoms with Crippen molar-refractivity contribution in [2.24, 2.45) is 0 Å². The number of hydrogen-bond acceptors (Lipinski definition) is 2. The Labute approximate surface area is 190 Å². The van der Waals surface area contributed by atoms with Crippen LogP contribution in [0.1, 0.15) is 28.5 Å². The maximum atomic E-state index is 13.9. The van der Waals surface area contributed by atoms with E-state index in [2.05, 4.69) is 10.6 Å². The van der Waals surface area contributed by atoms with Gasteiger partial charge < -0.3 is 10.6 Å². The lowest BCUT2D eigenvalue weighted by atomic mass is 9.59. The van der Waals surface area contributed by atoms with Crippen LogP contribution < -0.4 is 10.6 Å². The number of para-hydroxylation sites is 1. The third kappa shape index (κ3) is 3.05. The number of carbonyl (C=O) groups is 2. The topological polar surface area (TPSA) is 58.2 Å². The summed E-state index contributed by atoms with van der Waals surface area (Å²) in [7, 11) is 0. The highest BCUT2D eigenvalue weighted by Gasteiger charge is 2.61. The SMILES string of the molecule is O=C1NC[C@@H](c2ccccc2)[C@@]2(C(=O)Nc3ccccc32)[C@@H](c2cccc(Cl)c2)C1Cl. The van der Waals surface area contributed by atoms with Crippen LogP contribution in [-0.2, 0) is 15.0 Å². The molecule has 0 saturated carbocycles. The van der Waals surface area contributed by atoms with E-state index >= 15 is 0 Å². The molecule has 3 aromatic carbocycles. The Morgan fingerprint density at radius 1 is 0.871 bits per heavy atom. The number of amides is 2. The lowest BCUT2D eigenvalue weighted by Gasteiger charge is -2.41. The van der Waals surface area contributed by atoms with Crippen LogP contribution in [0.5, 0.6) is 0 Å². The maximum absolute atomic E-state index is 13.9. The lowest BCUT2D eigenvalue weighted by molar-refractivity contribution is -0.123. The number of benzene rings is 3. The van der Waals surface area contributed by atoms with E-state index in [0.29, 0.717) is 11.6 Å². The van der Waals surface area contributed by atoms with Crippen molar-refractivity contribution in [1.82, 2.24) is 5.32 Å². The number of rotatable bonds is 2. The second-order valence-electron chi connectivity index (χ2n) is 8.01. The van der Waals surface area contributed by atoms with Crippen LogP contribution in [0.4, 0.5) is 5.69 Å². The molecule has 2 aliphatic heterocycles. The van der Waals surface area contributed by atoms with Gasteiger partial charge in [0.2, 0.25) is 11.8 Å². The number of carbonyl (C=O) groups excluding carboxylic acids is 2. The van der Waals surface area contributed by atoms with Gasteiger partial charge in [0.15, 0.2) is 0 Å². The van der Waals surface area contributed by atoms with E-state index in [0.717, 1.165) is 22.4 Å². The standard InChI is InChI=1S/C25H20Cl2N2O2/c26-17-10-6-9-16(13-17)21-22(27)23(30)28-14-19(15-7-2-1-3-8-15)25(21)18-11-4-5-12-20(18)29-24(25)31/h1-13,19,21-22H,14H2,(H,28,30)(H,29,31)/t19-,21-,22?,25+/m0/s1. The molecule has 4 atom stereocenters. The number of alkyl halides is 1. The fourth-order valence-corrected chi connectivity index (χ4v) is 5.83. The van der Waals surface area contributed by atoms with E-state index in [1.807, 2.05) is 66.7 Å². The summed E-state index contributed by atoms with van der Waals surface area (Å²) in [6, 6.07) is 24.8. The summed E-state index contributed by atoms with van der Waals surface area (Å²) >= 11 is 13.2. The molecule has 3 aromatic rings. The van der Waals surface area contributed by atoms with Crippen LogP contribution in [0.15, 0.2) is 78.9 Å². The van der Waals surface area contributed by atoms with Gasteiger partial charge in [-0.15, -0.1) is 11.6 Å². The van der Waals surface area contributed by atoms with Crippen molar-refractivity contribution in [3.05, 3.63) is 101 Å². The van der Waals surface area contributed by atoms with Crippen molar-refractivity contribution in [3.63, 3.8) is 0 Å². The molecule has 0 radical (unpaired) electrons. The van der Waals surface area contributed by atoms with Gasteiger partial charge in [-0.2, -0.15) is 0 Å². The molecule has 0 bridgehead atoms. The zero-order chi connectivity index (χ0) is 21.6. The molecule has 0 aromatic heterocycles. The van der Waals surface area contributed by atoms with E-state index in [4.69, 9.17) is 23.2 Å². The van der Waals surface area contributed by atoms with Crippen molar-refractivity contribution in [3.8, 4) is 0 Å². The molecule has 1 spiro atoms. The first-order chi connectivity index (χ1) is 15.0. The summed E-state index contributed by atoms with van der Waals surface area (Å²) in [4.78, 5) is 26.9. The predicted molar refractivity (Wildman–Crippen MR) is 123 cm³/mol. The van der Waals surface area contributed by atoms with Gasteiger partial charge in [-0.05, 0) is 34.9 Å². The van der Waals surface area contributed by atoms with Crippen LogP contribution in [0.2, 0.25) is 5.02 Å². The van der Waals surface area contributed by atoms with Crippen molar-refractivity contribution in [2.75, 3.05) is 11.9 Å². The van der Waals surface area contributed by atoms with Crippen LogP contribution in [-0.4, -0.2) is 23.7 Å². The number of nitrogens with one attached hydrogen (secondary N) is 2. The summed E-state index contributed by atoms with van der Waals surface area (Å²) in [5.74, 6) is -1.39. The molecule has 0 aliphatic carbocycles. The first-order valence-corrected chi connectivity index (χ1v) is 11.0. The largest absolute Gasteiger partial charge is 0.354 e. The molecule has 6 heteroatoms. The van der Waals surface area contributed by atoms with Gasteiger partial charge >= 0.3 is 0 Å². The summed E-state index contributed by atoms with van der Waals surface area (Å²) < 4.78 is 0.